The van der Waals surface area contributed by atoms with Crippen molar-refractivity contribution in [2.24, 2.45) is 0 Å². The zero-order chi connectivity index (χ0) is 17.7. The van der Waals surface area contributed by atoms with E-state index in [9.17, 15) is 9.59 Å². The van der Waals surface area contributed by atoms with Gasteiger partial charge in [0.05, 0.1) is 25.3 Å². The average molecular weight is 362 g/mol. The van der Waals surface area contributed by atoms with Gasteiger partial charge in [-0.2, -0.15) is 11.8 Å². The second-order valence-corrected chi connectivity index (χ2v) is 6.79. The minimum Gasteiger partial charge on any atom is -0.372 e. The SMILES string of the molecule is COC(CSC)C(=O)N[C@H]1CO[C@H]2[C@@H]1OC[C@@H]2NC(=O)[C@@H](C)OC. The van der Waals surface area contributed by atoms with Crippen molar-refractivity contribution < 1.29 is 28.5 Å². The maximum Gasteiger partial charge on any atom is 0.250 e. The second kappa shape index (κ2) is 9.00. The number of thioether (sulfide) groups is 1. The fourth-order valence-electron chi connectivity index (χ4n) is 2.83. The van der Waals surface area contributed by atoms with Crippen LogP contribution in [-0.2, 0) is 28.5 Å². The number of rotatable bonds is 8. The lowest BCUT2D eigenvalue weighted by atomic mass is 10.1. The summed E-state index contributed by atoms with van der Waals surface area (Å²) < 4.78 is 21.7. The largest absolute Gasteiger partial charge is 0.372 e. The van der Waals surface area contributed by atoms with Crippen LogP contribution >= 0.6 is 11.8 Å². The molecule has 1 unspecified atom stereocenters. The number of fused-ring (bicyclic) bond motifs is 1. The molecule has 138 valence electrons. The monoisotopic (exact) mass is 362 g/mol. The molecule has 2 N–H and O–H groups in total. The van der Waals surface area contributed by atoms with Crippen molar-refractivity contribution in [3.05, 3.63) is 0 Å². The normalized spacial score (nSPS) is 31.3. The summed E-state index contributed by atoms with van der Waals surface area (Å²) >= 11 is 1.54. The van der Waals surface area contributed by atoms with Gasteiger partial charge >= 0.3 is 0 Å². The van der Waals surface area contributed by atoms with E-state index < -0.39 is 12.2 Å². The predicted molar refractivity (Wildman–Crippen MR) is 89.0 cm³/mol. The lowest BCUT2D eigenvalue weighted by molar-refractivity contribution is -0.131. The van der Waals surface area contributed by atoms with Gasteiger partial charge in [0.25, 0.3) is 0 Å². The maximum atomic E-state index is 12.2. The molecule has 2 saturated heterocycles. The van der Waals surface area contributed by atoms with E-state index in [-0.39, 0.29) is 36.1 Å². The number of amides is 2. The Bertz CT molecular complexity index is 452. The molecule has 6 atom stereocenters. The van der Waals surface area contributed by atoms with Crippen molar-refractivity contribution in [3.8, 4) is 0 Å². The molecule has 2 heterocycles. The molecule has 0 saturated carbocycles. The summed E-state index contributed by atoms with van der Waals surface area (Å²) in [5.41, 5.74) is 0. The van der Waals surface area contributed by atoms with Crippen LogP contribution in [0.2, 0.25) is 0 Å². The molecule has 0 bridgehead atoms. The van der Waals surface area contributed by atoms with E-state index in [0.29, 0.717) is 19.0 Å². The summed E-state index contributed by atoms with van der Waals surface area (Å²) in [6, 6.07) is -0.491. The fourth-order valence-corrected chi connectivity index (χ4v) is 3.42. The third-order valence-corrected chi connectivity index (χ3v) is 4.96. The van der Waals surface area contributed by atoms with Crippen molar-refractivity contribution in [3.63, 3.8) is 0 Å². The van der Waals surface area contributed by atoms with E-state index in [1.165, 1.54) is 14.2 Å². The van der Waals surface area contributed by atoms with Crippen molar-refractivity contribution >= 4 is 23.6 Å². The quantitative estimate of drug-likeness (QED) is 0.582. The van der Waals surface area contributed by atoms with Crippen molar-refractivity contribution in [1.29, 1.82) is 0 Å². The Kier molecular flexibility index (Phi) is 7.30. The number of hydrogen-bond donors (Lipinski definition) is 2. The van der Waals surface area contributed by atoms with E-state index in [2.05, 4.69) is 10.6 Å². The van der Waals surface area contributed by atoms with E-state index in [1.807, 2.05) is 6.26 Å². The van der Waals surface area contributed by atoms with Crippen LogP contribution in [0.3, 0.4) is 0 Å². The predicted octanol–water partition coefficient (Wildman–Crippen LogP) is -0.833. The number of carbonyl (C=O) groups excluding carboxylic acids is 2. The maximum absolute atomic E-state index is 12.2. The van der Waals surface area contributed by atoms with Gasteiger partial charge in [-0.05, 0) is 13.2 Å². The number of methoxy groups -OCH3 is 2. The summed E-state index contributed by atoms with van der Waals surface area (Å²) in [6.45, 7) is 2.38. The molecule has 2 aliphatic heterocycles. The molecule has 9 heteroatoms. The molecule has 8 nitrogen and oxygen atoms in total. The van der Waals surface area contributed by atoms with Gasteiger partial charge in [0.15, 0.2) is 0 Å². The summed E-state index contributed by atoms with van der Waals surface area (Å²) in [5.74, 6) is 0.200. The minimum absolute atomic E-state index is 0.176. The van der Waals surface area contributed by atoms with Gasteiger partial charge < -0.3 is 29.6 Å². The first-order valence-corrected chi connectivity index (χ1v) is 9.29. The Labute approximate surface area is 146 Å². The number of ether oxygens (including phenoxy) is 4. The highest BCUT2D eigenvalue weighted by Gasteiger charge is 2.49. The minimum atomic E-state index is -0.532. The Morgan fingerprint density at radius 3 is 2.08 bits per heavy atom. The van der Waals surface area contributed by atoms with Crippen molar-refractivity contribution in [2.45, 2.75) is 43.4 Å². The van der Waals surface area contributed by atoms with Gasteiger partial charge in [0.2, 0.25) is 11.8 Å². The van der Waals surface area contributed by atoms with Gasteiger partial charge in [-0.25, -0.2) is 0 Å². The highest BCUT2D eigenvalue weighted by molar-refractivity contribution is 7.98. The van der Waals surface area contributed by atoms with E-state index >= 15 is 0 Å². The zero-order valence-corrected chi connectivity index (χ0v) is 15.3. The van der Waals surface area contributed by atoms with Gasteiger partial charge in [0.1, 0.15) is 24.4 Å². The Morgan fingerprint density at radius 2 is 1.62 bits per heavy atom. The number of hydrogen-bond acceptors (Lipinski definition) is 7. The third-order valence-electron chi connectivity index (χ3n) is 4.33. The van der Waals surface area contributed by atoms with Crippen LogP contribution in [0.5, 0.6) is 0 Å². The second-order valence-electron chi connectivity index (χ2n) is 5.88. The zero-order valence-electron chi connectivity index (χ0n) is 14.4. The summed E-state index contributed by atoms with van der Waals surface area (Å²) in [4.78, 5) is 24.2. The third kappa shape index (κ3) is 4.40. The molecule has 0 aromatic rings. The van der Waals surface area contributed by atoms with Crippen LogP contribution < -0.4 is 10.6 Å². The highest BCUT2D eigenvalue weighted by atomic mass is 32.2. The van der Waals surface area contributed by atoms with Crippen LogP contribution in [0, 0.1) is 0 Å². The molecule has 2 aliphatic rings. The molecular weight excluding hydrogens is 336 g/mol. The molecule has 0 aromatic heterocycles. The topological polar surface area (TPSA) is 95.1 Å². The van der Waals surface area contributed by atoms with E-state index in [4.69, 9.17) is 18.9 Å². The molecule has 24 heavy (non-hydrogen) atoms. The van der Waals surface area contributed by atoms with Crippen molar-refractivity contribution in [1.82, 2.24) is 10.6 Å². The van der Waals surface area contributed by atoms with E-state index in [0.717, 1.165) is 0 Å². The lowest BCUT2D eigenvalue weighted by Crippen LogP contribution is -2.50. The van der Waals surface area contributed by atoms with Gasteiger partial charge in [-0.1, -0.05) is 0 Å². The molecule has 0 aromatic carbocycles. The van der Waals surface area contributed by atoms with Gasteiger partial charge in [0, 0.05) is 20.0 Å². The van der Waals surface area contributed by atoms with Gasteiger partial charge in [-0.3, -0.25) is 9.59 Å². The number of carbonyl (C=O) groups is 2. The van der Waals surface area contributed by atoms with Crippen LogP contribution in [0.15, 0.2) is 0 Å². The Hall–Kier alpha value is -0.870. The Morgan fingerprint density at radius 1 is 1.08 bits per heavy atom. The lowest BCUT2D eigenvalue weighted by Gasteiger charge is -2.21. The van der Waals surface area contributed by atoms with Crippen LogP contribution in [-0.4, -0.2) is 87.8 Å². The average Bonchev–Trinajstić information content (AvgIpc) is 3.15. The first kappa shape index (κ1) is 19.5. The highest BCUT2D eigenvalue weighted by Crippen LogP contribution is 2.27. The first-order chi connectivity index (χ1) is 11.5. The number of nitrogens with one attached hydrogen (secondary N) is 2. The molecule has 0 aliphatic carbocycles. The van der Waals surface area contributed by atoms with Gasteiger partial charge in [-0.15, -0.1) is 0 Å². The summed E-state index contributed by atoms with van der Waals surface area (Å²) in [5, 5.41) is 5.80. The molecular formula is C15H26N2O6S. The van der Waals surface area contributed by atoms with Crippen LogP contribution in [0.25, 0.3) is 0 Å². The van der Waals surface area contributed by atoms with E-state index in [1.54, 1.807) is 18.7 Å². The van der Waals surface area contributed by atoms with Crippen LogP contribution in [0.4, 0.5) is 0 Å². The smallest absolute Gasteiger partial charge is 0.250 e. The molecule has 0 spiro atoms. The van der Waals surface area contributed by atoms with Crippen molar-refractivity contribution in [2.75, 3.05) is 39.4 Å². The molecule has 2 fully saturated rings. The van der Waals surface area contributed by atoms with Crippen LogP contribution in [0.1, 0.15) is 6.92 Å². The Balaban J connectivity index is 1.88. The fraction of sp³-hybridized carbons (Fsp3) is 0.867. The summed E-state index contributed by atoms with van der Waals surface area (Å²) in [6.07, 6.45) is 0.338. The molecule has 2 rings (SSSR count). The molecule has 2 amide bonds. The molecule has 0 radical (unpaired) electrons. The summed E-state index contributed by atoms with van der Waals surface area (Å²) in [7, 11) is 3.00. The first-order valence-electron chi connectivity index (χ1n) is 7.90. The standard InChI is InChI=1S/C15H26N2O6S/c1-8(20-2)14(18)16-9-5-22-13-10(6-23-12(9)13)17-15(19)11(21-3)7-24-4/h8-13H,5-7H2,1-4H3,(H,16,18)(H,17,19)/t8-,9+,10+,11?,12-,13-/m1/s1.